The smallest absolute Gasteiger partial charge is 0.279 e. The summed E-state index contributed by atoms with van der Waals surface area (Å²) in [6.07, 6.45) is 0.486. The monoisotopic (exact) mass is 470 g/mol. The van der Waals surface area contributed by atoms with Gasteiger partial charge >= 0.3 is 0 Å². The van der Waals surface area contributed by atoms with Crippen molar-refractivity contribution in [2.24, 2.45) is 5.10 Å². The Balaban J connectivity index is 1.77. The Morgan fingerprint density at radius 2 is 1.62 bits per heavy atom. The molecule has 0 aliphatic carbocycles. The summed E-state index contributed by atoms with van der Waals surface area (Å²) in [4.78, 5) is 0.224. The van der Waals surface area contributed by atoms with Gasteiger partial charge in [0.1, 0.15) is 5.75 Å². The van der Waals surface area contributed by atoms with Crippen molar-refractivity contribution in [1.29, 1.82) is 0 Å². The normalized spacial score (nSPS) is 16.6. The number of ether oxygens (including phenoxy) is 1. The van der Waals surface area contributed by atoms with Crippen LogP contribution >= 0.6 is 15.9 Å². The Morgan fingerprint density at radius 3 is 2.24 bits per heavy atom. The van der Waals surface area contributed by atoms with Crippen molar-refractivity contribution in [3.8, 4) is 5.75 Å². The Morgan fingerprint density at radius 1 is 0.966 bits per heavy atom. The molecular weight excluding hydrogens is 452 g/mol. The van der Waals surface area contributed by atoms with Gasteiger partial charge in [-0.2, -0.15) is 17.9 Å². The van der Waals surface area contributed by atoms with Crippen LogP contribution in [0, 0.1) is 0 Å². The number of hydrogen-bond acceptors (Lipinski definition) is 4. The van der Waals surface area contributed by atoms with Gasteiger partial charge in [-0.05, 0) is 59.7 Å². The Bertz CT molecular complexity index is 1130. The van der Waals surface area contributed by atoms with Crippen LogP contribution in [0.5, 0.6) is 5.75 Å². The van der Waals surface area contributed by atoms with Crippen molar-refractivity contribution in [3.05, 3.63) is 94.5 Å². The molecule has 29 heavy (non-hydrogen) atoms. The molecule has 4 rings (SSSR count). The van der Waals surface area contributed by atoms with Gasteiger partial charge in [0, 0.05) is 10.9 Å². The van der Waals surface area contributed by atoms with E-state index in [-0.39, 0.29) is 4.90 Å². The number of nitrogens with zero attached hydrogens (tertiary/aromatic N) is 2. The Hall–Kier alpha value is -2.64. The number of halogens is 1. The predicted octanol–water partition coefficient (Wildman–Crippen LogP) is 5.00. The topological polar surface area (TPSA) is 59.0 Å². The van der Waals surface area contributed by atoms with Crippen molar-refractivity contribution in [2.75, 3.05) is 7.11 Å². The van der Waals surface area contributed by atoms with Gasteiger partial charge in [-0.3, -0.25) is 0 Å². The fourth-order valence-corrected chi connectivity index (χ4v) is 5.02. The van der Waals surface area contributed by atoms with E-state index in [1.54, 1.807) is 37.4 Å². The van der Waals surface area contributed by atoms with E-state index in [1.165, 1.54) is 4.41 Å². The molecular formula is C22H19BrN2O3S. The van der Waals surface area contributed by atoms with Crippen LogP contribution in [-0.2, 0) is 10.0 Å². The summed E-state index contributed by atoms with van der Waals surface area (Å²) in [5.41, 5.74) is 2.48. The van der Waals surface area contributed by atoms with Crippen molar-refractivity contribution >= 4 is 31.7 Å². The molecule has 0 radical (unpaired) electrons. The molecule has 0 unspecified atom stereocenters. The fourth-order valence-electron chi connectivity index (χ4n) is 3.30. The van der Waals surface area contributed by atoms with E-state index < -0.39 is 16.1 Å². The molecule has 7 heteroatoms. The predicted molar refractivity (Wildman–Crippen MR) is 116 cm³/mol. The lowest BCUT2D eigenvalue weighted by Crippen LogP contribution is -2.27. The van der Waals surface area contributed by atoms with Gasteiger partial charge in [0.2, 0.25) is 0 Å². The zero-order valence-corrected chi connectivity index (χ0v) is 18.1. The lowest BCUT2D eigenvalue weighted by Gasteiger charge is -2.23. The standard InChI is InChI=1S/C22H19BrN2O3S/c1-28-19-13-9-16(10-14-19)21-15-22(17-7-11-18(23)12-8-17)25(24-21)29(26,27)20-5-3-2-4-6-20/h2-14,22H,15H2,1H3/t22-/m1/s1. The molecule has 3 aromatic carbocycles. The summed E-state index contributed by atoms with van der Waals surface area (Å²) >= 11 is 3.44. The van der Waals surface area contributed by atoms with E-state index in [0.29, 0.717) is 6.42 Å². The molecule has 1 aliphatic rings. The maximum atomic E-state index is 13.4. The maximum Gasteiger partial charge on any atom is 0.279 e. The highest BCUT2D eigenvalue weighted by Crippen LogP contribution is 2.37. The molecule has 0 aromatic heterocycles. The largest absolute Gasteiger partial charge is 0.497 e. The first-order valence-electron chi connectivity index (χ1n) is 9.06. The van der Waals surface area contributed by atoms with E-state index >= 15 is 0 Å². The number of hydrazone groups is 1. The molecule has 0 fully saturated rings. The third-order valence-electron chi connectivity index (χ3n) is 4.84. The van der Waals surface area contributed by atoms with Crippen LogP contribution in [0.2, 0.25) is 0 Å². The summed E-state index contributed by atoms with van der Waals surface area (Å²) in [5.74, 6) is 0.741. The van der Waals surface area contributed by atoms with Crippen LogP contribution in [0.4, 0.5) is 0 Å². The second-order valence-corrected chi connectivity index (χ2v) is 9.35. The molecule has 1 heterocycles. The molecule has 0 amide bonds. The molecule has 0 saturated carbocycles. The zero-order valence-electron chi connectivity index (χ0n) is 15.7. The molecule has 5 nitrogen and oxygen atoms in total. The van der Waals surface area contributed by atoms with E-state index in [0.717, 1.165) is 27.1 Å². The highest BCUT2D eigenvalue weighted by Gasteiger charge is 2.37. The lowest BCUT2D eigenvalue weighted by atomic mass is 9.99. The van der Waals surface area contributed by atoms with E-state index in [4.69, 9.17) is 4.74 Å². The molecule has 0 N–H and O–H groups in total. The third kappa shape index (κ3) is 3.93. The van der Waals surface area contributed by atoms with Crippen LogP contribution in [0.1, 0.15) is 23.6 Å². The maximum absolute atomic E-state index is 13.4. The fraction of sp³-hybridized carbons (Fsp3) is 0.136. The molecule has 0 bridgehead atoms. The van der Waals surface area contributed by atoms with Gasteiger partial charge < -0.3 is 4.74 Å². The average Bonchev–Trinajstić information content (AvgIpc) is 3.21. The highest BCUT2D eigenvalue weighted by atomic mass is 79.9. The number of rotatable bonds is 5. The minimum Gasteiger partial charge on any atom is -0.497 e. The number of sulfonamides is 1. The van der Waals surface area contributed by atoms with Crippen LogP contribution in [0.15, 0.2) is 93.3 Å². The van der Waals surface area contributed by atoms with E-state index in [2.05, 4.69) is 21.0 Å². The highest BCUT2D eigenvalue weighted by molar-refractivity contribution is 9.10. The second-order valence-electron chi connectivity index (χ2n) is 6.64. The van der Waals surface area contributed by atoms with Crippen molar-refractivity contribution in [3.63, 3.8) is 0 Å². The zero-order chi connectivity index (χ0) is 20.4. The molecule has 3 aromatic rings. The first kappa shape index (κ1) is 19.7. The van der Waals surface area contributed by atoms with Crippen molar-refractivity contribution < 1.29 is 13.2 Å². The van der Waals surface area contributed by atoms with Crippen LogP contribution in [0.3, 0.4) is 0 Å². The van der Waals surface area contributed by atoms with Gasteiger partial charge in [-0.25, -0.2) is 0 Å². The molecule has 1 atom stereocenters. The SMILES string of the molecule is COc1ccc(C2=NN(S(=O)(=O)c3ccccc3)[C@@H](c3ccc(Br)cc3)C2)cc1. The van der Waals surface area contributed by atoms with Crippen molar-refractivity contribution in [2.45, 2.75) is 17.4 Å². The Labute approximate surface area is 178 Å². The van der Waals surface area contributed by atoms with Gasteiger partial charge in [0.25, 0.3) is 10.0 Å². The van der Waals surface area contributed by atoms with E-state index in [1.807, 2.05) is 48.5 Å². The van der Waals surface area contributed by atoms with Crippen molar-refractivity contribution in [1.82, 2.24) is 4.41 Å². The number of benzene rings is 3. The third-order valence-corrected chi connectivity index (χ3v) is 7.06. The van der Waals surface area contributed by atoms with Crippen LogP contribution in [0.25, 0.3) is 0 Å². The van der Waals surface area contributed by atoms with Gasteiger partial charge in [0.15, 0.2) is 0 Å². The molecule has 148 valence electrons. The summed E-state index contributed by atoms with van der Waals surface area (Å²) in [6.45, 7) is 0. The van der Waals surface area contributed by atoms with Gasteiger partial charge in [-0.15, -0.1) is 0 Å². The summed E-state index contributed by atoms with van der Waals surface area (Å²) < 4.78 is 34.1. The first-order valence-corrected chi connectivity index (χ1v) is 11.3. The number of methoxy groups -OCH3 is 1. The quantitative estimate of drug-likeness (QED) is 0.527. The average molecular weight is 471 g/mol. The van der Waals surface area contributed by atoms with Crippen LogP contribution in [-0.4, -0.2) is 25.7 Å². The molecule has 0 saturated heterocycles. The minimum atomic E-state index is -3.79. The first-order chi connectivity index (χ1) is 14.0. The number of hydrogen-bond donors (Lipinski definition) is 0. The summed E-state index contributed by atoms with van der Waals surface area (Å²) in [6, 6.07) is 23.2. The summed E-state index contributed by atoms with van der Waals surface area (Å²) in [5, 5.41) is 4.55. The van der Waals surface area contributed by atoms with Gasteiger partial charge in [0.05, 0.1) is 23.8 Å². The van der Waals surface area contributed by atoms with E-state index in [9.17, 15) is 8.42 Å². The lowest BCUT2D eigenvalue weighted by molar-refractivity contribution is 0.371. The molecule has 0 spiro atoms. The molecule has 1 aliphatic heterocycles. The summed E-state index contributed by atoms with van der Waals surface area (Å²) in [7, 11) is -2.18. The minimum absolute atomic E-state index is 0.224. The van der Waals surface area contributed by atoms with Crippen LogP contribution < -0.4 is 4.74 Å². The Kier molecular flexibility index (Phi) is 5.43. The second kappa shape index (κ2) is 8.00. The van der Waals surface area contributed by atoms with Gasteiger partial charge in [-0.1, -0.05) is 46.3 Å².